The Bertz CT molecular complexity index is 1130. The number of benzene rings is 2. The van der Waals surface area contributed by atoms with Crippen molar-refractivity contribution in [2.75, 3.05) is 19.5 Å². The quantitative estimate of drug-likeness (QED) is 0.301. The number of carbonyl (C=O) groups excluding carboxylic acids is 1. The van der Waals surface area contributed by atoms with Crippen LogP contribution in [0.4, 0.5) is 5.00 Å². The average molecular weight is 620 g/mol. The molecule has 10 heteroatoms. The Morgan fingerprint density at radius 1 is 1.03 bits per heavy atom. The summed E-state index contributed by atoms with van der Waals surface area (Å²) >= 11 is 11.3. The maximum atomic E-state index is 12.9. The first-order valence-electron chi connectivity index (χ1n) is 8.30. The minimum absolute atomic E-state index is 0.0290. The zero-order valence-corrected chi connectivity index (χ0v) is 21.2. The lowest BCUT2D eigenvalue weighted by Gasteiger charge is -2.13. The minimum atomic E-state index is -1.13. The van der Waals surface area contributed by atoms with Gasteiger partial charge in [-0.2, -0.15) is 0 Å². The van der Waals surface area contributed by atoms with E-state index in [1.807, 2.05) is 0 Å². The van der Waals surface area contributed by atoms with Gasteiger partial charge in [0.2, 0.25) is 0 Å². The van der Waals surface area contributed by atoms with E-state index in [0.29, 0.717) is 41.6 Å². The van der Waals surface area contributed by atoms with Gasteiger partial charge in [0.15, 0.2) is 0 Å². The molecule has 3 rings (SSSR count). The number of nitrogens with one attached hydrogen (secondary N) is 1. The Hall–Kier alpha value is -1.88. The summed E-state index contributed by atoms with van der Waals surface area (Å²) in [7, 11) is 3.08. The van der Waals surface area contributed by atoms with Gasteiger partial charge in [-0.1, -0.05) is 12.1 Å². The molecule has 0 aliphatic heterocycles. The van der Waals surface area contributed by atoms with Crippen LogP contribution in [0.25, 0.3) is 11.1 Å². The van der Waals surface area contributed by atoms with Gasteiger partial charge in [0.1, 0.15) is 22.1 Å². The predicted molar refractivity (Wildman–Crippen MR) is 127 cm³/mol. The Balaban J connectivity index is 1.98. The summed E-state index contributed by atoms with van der Waals surface area (Å²) in [5.74, 6) is -0.396. The number of anilines is 1. The van der Waals surface area contributed by atoms with Crippen molar-refractivity contribution in [2.24, 2.45) is 0 Å². The highest BCUT2D eigenvalue weighted by molar-refractivity contribution is 9.13. The van der Waals surface area contributed by atoms with Crippen LogP contribution in [0.3, 0.4) is 0 Å². The molecule has 2 N–H and O–H groups in total. The summed E-state index contributed by atoms with van der Waals surface area (Å²) < 4.78 is 12.1. The lowest BCUT2D eigenvalue weighted by molar-refractivity contribution is 0.0699. The predicted octanol–water partition coefficient (Wildman–Crippen LogP) is 6.67. The van der Waals surface area contributed by atoms with Gasteiger partial charge in [-0.15, -0.1) is 11.3 Å². The summed E-state index contributed by atoms with van der Waals surface area (Å²) in [4.78, 5) is 24.9. The zero-order valence-electron chi connectivity index (χ0n) is 15.6. The first-order chi connectivity index (χ1) is 14.3. The Morgan fingerprint density at radius 2 is 1.70 bits per heavy atom. The van der Waals surface area contributed by atoms with E-state index in [1.165, 1.54) is 7.11 Å². The molecular formula is C20H14Br3NO5S. The number of ether oxygens (including phenoxy) is 2. The van der Waals surface area contributed by atoms with E-state index >= 15 is 0 Å². The number of aromatic carboxylic acids is 1. The molecule has 0 aliphatic rings. The third kappa shape index (κ3) is 4.41. The van der Waals surface area contributed by atoms with E-state index in [1.54, 1.807) is 42.8 Å². The number of amides is 1. The normalized spacial score (nSPS) is 10.6. The second kappa shape index (κ2) is 9.51. The molecule has 0 saturated carbocycles. The van der Waals surface area contributed by atoms with Gasteiger partial charge in [-0.05, 0) is 71.6 Å². The molecule has 0 atom stereocenters. The Morgan fingerprint density at radius 3 is 2.27 bits per heavy atom. The van der Waals surface area contributed by atoms with E-state index in [4.69, 9.17) is 9.47 Å². The molecular weight excluding hydrogens is 606 g/mol. The molecule has 2 aromatic carbocycles. The van der Waals surface area contributed by atoms with Crippen LogP contribution in [0, 0.1) is 0 Å². The van der Waals surface area contributed by atoms with Crippen molar-refractivity contribution in [3.05, 3.63) is 60.3 Å². The number of rotatable bonds is 6. The minimum Gasteiger partial charge on any atom is -0.497 e. The molecule has 0 unspecified atom stereocenters. The zero-order chi connectivity index (χ0) is 22.0. The van der Waals surface area contributed by atoms with Gasteiger partial charge >= 0.3 is 5.97 Å². The highest BCUT2D eigenvalue weighted by atomic mass is 79.9. The summed E-state index contributed by atoms with van der Waals surface area (Å²) in [6, 6.07) is 8.64. The van der Waals surface area contributed by atoms with Gasteiger partial charge in [0, 0.05) is 15.4 Å². The molecule has 1 amide bonds. The Kier molecular flexibility index (Phi) is 7.22. The maximum Gasteiger partial charge on any atom is 0.339 e. The number of halogens is 3. The average Bonchev–Trinajstić information content (AvgIpc) is 3.14. The lowest BCUT2D eigenvalue weighted by Crippen LogP contribution is -2.14. The second-order valence-electron chi connectivity index (χ2n) is 5.91. The van der Waals surface area contributed by atoms with Crippen LogP contribution in [0.1, 0.15) is 20.7 Å². The fraction of sp³-hybridized carbons (Fsp3) is 0.100. The van der Waals surface area contributed by atoms with Crippen LogP contribution in [0.15, 0.2) is 49.1 Å². The summed E-state index contributed by atoms with van der Waals surface area (Å²) in [5, 5.41) is 14.4. The van der Waals surface area contributed by atoms with Gasteiger partial charge in [-0.25, -0.2) is 4.79 Å². The number of hydrogen-bond donors (Lipinski definition) is 2. The molecule has 0 spiro atoms. The fourth-order valence-electron chi connectivity index (χ4n) is 2.75. The SMILES string of the molecule is COc1ccc(-c2csc(NC(=O)c3cc(Br)c(OC)c(Br)c3Br)c2C(=O)O)cc1. The molecule has 0 aliphatic carbocycles. The monoisotopic (exact) mass is 617 g/mol. The van der Waals surface area contributed by atoms with E-state index in [9.17, 15) is 14.7 Å². The van der Waals surface area contributed by atoms with Gasteiger partial charge in [0.25, 0.3) is 5.91 Å². The molecule has 0 fully saturated rings. The van der Waals surface area contributed by atoms with Crippen molar-refractivity contribution in [3.8, 4) is 22.6 Å². The van der Waals surface area contributed by atoms with Crippen molar-refractivity contribution in [1.29, 1.82) is 0 Å². The number of carbonyl (C=O) groups is 2. The molecule has 1 heterocycles. The van der Waals surface area contributed by atoms with Gasteiger partial charge < -0.3 is 19.9 Å². The van der Waals surface area contributed by atoms with Crippen LogP contribution in [0.2, 0.25) is 0 Å². The first kappa shape index (κ1) is 22.8. The number of thiophene rings is 1. The highest BCUT2D eigenvalue weighted by Gasteiger charge is 2.24. The van der Waals surface area contributed by atoms with Gasteiger partial charge in [0.05, 0.1) is 28.7 Å². The van der Waals surface area contributed by atoms with Crippen molar-refractivity contribution < 1.29 is 24.2 Å². The first-order valence-corrected chi connectivity index (χ1v) is 11.6. The number of methoxy groups -OCH3 is 2. The number of hydrogen-bond acceptors (Lipinski definition) is 5. The topological polar surface area (TPSA) is 84.9 Å². The second-order valence-corrected chi connectivity index (χ2v) is 9.23. The molecule has 1 aromatic heterocycles. The molecule has 156 valence electrons. The van der Waals surface area contributed by atoms with Crippen LogP contribution in [-0.4, -0.2) is 31.2 Å². The molecule has 0 saturated heterocycles. The number of carboxylic acids is 1. The molecule has 0 bridgehead atoms. The van der Waals surface area contributed by atoms with E-state index < -0.39 is 11.9 Å². The Labute approximate surface area is 201 Å². The van der Waals surface area contributed by atoms with Crippen LogP contribution >= 0.6 is 59.1 Å². The molecule has 0 radical (unpaired) electrons. The smallest absolute Gasteiger partial charge is 0.339 e. The third-order valence-electron chi connectivity index (χ3n) is 4.20. The van der Waals surface area contributed by atoms with Gasteiger partial charge in [-0.3, -0.25) is 4.79 Å². The number of carboxylic acid groups (broad SMARTS) is 1. The van der Waals surface area contributed by atoms with Crippen molar-refractivity contribution in [2.45, 2.75) is 0 Å². The fourth-order valence-corrected chi connectivity index (χ4v) is 5.62. The van der Waals surface area contributed by atoms with E-state index in [2.05, 4.69) is 53.1 Å². The third-order valence-corrected chi connectivity index (χ3v) is 7.80. The van der Waals surface area contributed by atoms with Crippen LogP contribution in [-0.2, 0) is 0 Å². The van der Waals surface area contributed by atoms with E-state index in [-0.39, 0.29) is 10.6 Å². The van der Waals surface area contributed by atoms with Crippen molar-refractivity contribution >= 4 is 76.0 Å². The van der Waals surface area contributed by atoms with Crippen molar-refractivity contribution in [1.82, 2.24) is 0 Å². The summed E-state index contributed by atoms with van der Waals surface area (Å²) in [6.07, 6.45) is 0. The highest BCUT2D eigenvalue weighted by Crippen LogP contribution is 2.42. The molecule has 3 aromatic rings. The summed E-state index contributed by atoms with van der Waals surface area (Å²) in [5.41, 5.74) is 1.56. The standard InChI is InChI=1S/C20H14Br3NO5S/c1-28-10-5-3-9(4-6-10)12-8-30-19(14(12)20(26)27)24-18(25)11-7-13(21)17(29-2)16(23)15(11)22/h3-8H,1-2H3,(H,24,25)(H,26,27). The van der Waals surface area contributed by atoms with Crippen LogP contribution in [0.5, 0.6) is 11.5 Å². The summed E-state index contributed by atoms with van der Waals surface area (Å²) in [6.45, 7) is 0. The molecule has 30 heavy (non-hydrogen) atoms. The lowest BCUT2D eigenvalue weighted by atomic mass is 10.0. The van der Waals surface area contributed by atoms with Crippen molar-refractivity contribution in [3.63, 3.8) is 0 Å². The van der Waals surface area contributed by atoms with E-state index in [0.717, 1.165) is 11.3 Å². The maximum absolute atomic E-state index is 12.9. The molecule has 6 nitrogen and oxygen atoms in total. The van der Waals surface area contributed by atoms with Crippen LogP contribution < -0.4 is 14.8 Å². The largest absolute Gasteiger partial charge is 0.497 e.